The minimum Gasteiger partial charge on any atom is -0.382 e. The molecule has 0 spiro atoms. The fraction of sp³-hybridized carbons (Fsp3) is 0.583. The van der Waals surface area contributed by atoms with Crippen molar-refractivity contribution in [2.45, 2.75) is 25.7 Å². The van der Waals surface area contributed by atoms with E-state index in [0.717, 1.165) is 12.5 Å². The number of anilines is 1. The summed E-state index contributed by atoms with van der Waals surface area (Å²) in [5.74, 6) is 1.03. The first kappa shape index (κ1) is 10.5. The fourth-order valence-corrected chi connectivity index (χ4v) is 2.40. The lowest BCUT2D eigenvalue weighted by molar-refractivity contribution is 0.0936. The van der Waals surface area contributed by atoms with Gasteiger partial charge in [-0.15, -0.1) is 10.2 Å². The number of carbonyl (C=O) groups excluding carboxylic acids is 1. The van der Waals surface area contributed by atoms with Crippen molar-refractivity contribution < 1.29 is 4.79 Å². The summed E-state index contributed by atoms with van der Waals surface area (Å²) < 4.78 is 0. The fourth-order valence-electron chi connectivity index (χ4n) is 2.40. The topological polar surface area (TPSA) is 80.9 Å². The molecule has 0 radical (unpaired) electrons. The number of hydrogen-bond donors (Lipinski definition) is 2. The summed E-state index contributed by atoms with van der Waals surface area (Å²) in [4.78, 5) is 11.8. The maximum absolute atomic E-state index is 11.8. The average molecular weight is 232 g/mol. The summed E-state index contributed by atoms with van der Waals surface area (Å²) in [6.07, 6.45) is 5.17. The van der Waals surface area contributed by atoms with E-state index in [0.29, 0.717) is 16.9 Å². The van der Waals surface area contributed by atoms with Crippen LogP contribution in [0.5, 0.6) is 0 Å². The number of nitrogens with two attached hydrogens (primary N) is 1. The Hall–Kier alpha value is -1.65. The number of hydrogen-bond acceptors (Lipinski definition) is 4. The van der Waals surface area contributed by atoms with Crippen molar-refractivity contribution in [3.05, 3.63) is 17.8 Å². The van der Waals surface area contributed by atoms with Gasteiger partial charge in [-0.2, -0.15) is 0 Å². The molecule has 0 unspecified atom stereocenters. The number of nitrogens with one attached hydrogen (secondary N) is 1. The van der Waals surface area contributed by atoms with Gasteiger partial charge in [-0.25, -0.2) is 0 Å². The molecular weight excluding hydrogens is 216 g/mol. The predicted octanol–water partition coefficient (Wildman–Crippen LogP) is 0.979. The lowest BCUT2D eigenvalue weighted by Gasteiger charge is -2.14. The van der Waals surface area contributed by atoms with Gasteiger partial charge in [0, 0.05) is 6.54 Å². The smallest absolute Gasteiger partial charge is 0.271 e. The molecule has 0 aliphatic heterocycles. The van der Waals surface area contributed by atoms with Crippen molar-refractivity contribution in [1.29, 1.82) is 0 Å². The van der Waals surface area contributed by atoms with Crippen LogP contribution in [0.15, 0.2) is 12.1 Å². The molecule has 3 rings (SSSR count). The third-order valence-electron chi connectivity index (χ3n) is 3.85. The lowest BCUT2D eigenvalue weighted by Crippen LogP contribution is -2.31. The monoisotopic (exact) mass is 232 g/mol. The van der Waals surface area contributed by atoms with E-state index in [4.69, 9.17) is 5.73 Å². The van der Waals surface area contributed by atoms with E-state index in [-0.39, 0.29) is 5.91 Å². The number of carbonyl (C=O) groups is 1. The largest absolute Gasteiger partial charge is 0.382 e. The van der Waals surface area contributed by atoms with E-state index < -0.39 is 0 Å². The molecule has 1 heterocycles. The molecule has 2 saturated carbocycles. The minimum absolute atomic E-state index is 0.149. The first-order chi connectivity index (χ1) is 8.20. The van der Waals surface area contributed by atoms with E-state index in [2.05, 4.69) is 15.5 Å². The predicted molar refractivity (Wildman–Crippen MR) is 63.2 cm³/mol. The zero-order valence-electron chi connectivity index (χ0n) is 9.65. The highest BCUT2D eigenvalue weighted by Gasteiger charge is 2.53. The Morgan fingerprint density at radius 2 is 2.18 bits per heavy atom. The molecule has 1 aromatic rings. The van der Waals surface area contributed by atoms with Crippen LogP contribution in [0.1, 0.15) is 36.2 Å². The first-order valence-corrected chi connectivity index (χ1v) is 6.07. The number of nitrogens with zero attached hydrogens (tertiary/aromatic N) is 2. The van der Waals surface area contributed by atoms with Crippen LogP contribution in [0.4, 0.5) is 5.82 Å². The number of amides is 1. The van der Waals surface area contributed by atoms with E-state index >= 15 is 0 Å². The van der Waals surface area contributed by atoms with Gasteiger partial charge in [0.25, 0.3) is 5.91 Å². The molecule has 5 heteroatoms. The lowest BCUT2D eigenvalue weighted by atomic mass is 10.0. The van der Waals surface area contributed by atoms with Crippen molar-refractivity contribution in [1.82, 2.24) is 15.5 Å². The molecule has 17 heavy (non-hydrogen) atoms. The first-order valence-electron chi connectivity index (χ1n) is 6.07. The van der Waals surface area contributed by atoms with Gasteiger partial charge < -0.3 is 11.1 Å². The van der Waals surface area contributed by atoms with E-state index in [1.807, 2.05) is 0 Å². The number of aromatic nitrogens is 2. The van der Waals surface area contributed by atoms with Crippen LogP contribution in [0.3, 0.4) is 0 Å². The molecule has 2 fully saturated rings. The summed E-state index contributed by atoms with van der Waals surface area (Å²) in [5.41, 5.74) is 6.17. The van der Waals surface area contributed by atoms with Gasteiger partial charge in [0.1, 0.15) is 5.82 Å². The highest BCUT2D eigenvalue weighted by Crippen LogP contribution is 2.60. The standard InChI is InChI=1S/C12H16N4O/c13-10-4-3-9(15-16-10)11(17)14-7-12(5-6-12)8-1-2-8/h3-4,8H,1-2,5-7H2,(H2,13,16)(H,14,17). The van der Waals surface area contributed by atoms with E-state index in [9.17, 15) is 4.79 Å². The van der Waals surface area contributed by atoms with Gasteiger partial charge >= 0.3 is 0 Å². The van der Waals surface area contributed by atoms with Crippen LogP contribution >= 0.6 is 0 Å². The van der Waals surface area contributed by atoms with Crippen LogP contribution in [-0.4, -0.2) is 22.6 Å². The molecule has 2 aliphatic rings. The maximum atomic E-state index is 11.8. The maximum Gasteiger partial charge on any atom is 0.271 e. The third kappa shape index (κ3) is 2.09. The van der Waals surface area contributed by atoms with Gasteiger partial charge in [-0.3, -0.25) is 4.79 Å². The van der Waals surface area contributed by atoms with Crippen molar-refractivity contribution in [3.8, 4) is 0 Å². The quantitative estimate of drug-likeness (QED) is 0.810. The van der Waals surface area contributed by atoms with Crippen LogP contribution in [0.2, 0.25) is 0 Å². The van der Waals surface area contributed by atoms with Gasteiger partial charge in [0.15, 0.2) is 5.69 Å². The SMILES string of the molecule is Nc1ccc(C(=O)NCC2(C3CC3)CC2)nn1. The zero-order chi connectivity index (χ0) is 11.9. The number of nitrogen functional groups attached to an aromatic ring is 1. The summed E-state index contributed by atoms with van der Waals surface area (Å²) >= 11 is 0. The van der Waals surface area contributed by atoms with Crippen molar-refractivity contribution in [2.75, 3.05) is 12.3 Å². The Labute approximate surface area is 99.8 Å². The van der Waals surface area contributed by atoms with E-state index in [1.54, 1.807) is 12.1 Å². The minimum atomic E-state index is -0.149. The van der Waals surface area contributed by atoms with Crippen LogP contribution in [0, 0.1) is 11.3 Å². The molecule has 0 atom stereocenters. The van der Waals surface area contributed by atoms with Crippen LogP contribution in [0.25, 0.3) is 0 Å². The van der Waals surface area contributed by atoms with Crippen molar-refractivity contribution >= 4 is 11.7 Å². The summed E-state index contributed by atoms with van der Waals surface area (Å²) in [5, 5.41) is 10.4. The van der Waals surface area contributed by atoms with Gasteiger partial charge in [-0.1, -0.05) is 0 Å². The van der Waals surface area contributed by atoms with Gasteiger partial charge in [0.05, 0.1) is 0 Å². The normalized spacial score (nSPS) is 20.9. The van der Waals surface area contributed by atoms with Crippen molar-refractivity contribution in [3.63, 3.8) is 0 Å². The third-order valence-corrected chi connectivity index (χ3v) is 3.85. The molecule has 90 valence electrons. The Balaban J connectivity index is 1.58. The summed E-state index contributed by atoms with van der Waals surface area (Å²) in [6.45, 7) is 0.780. The molecule has 0 saturated heterocycles. The molecule has 1 aromatic heterocycles. The Morgan fingerprint density at radius 3 is 2.71 bits per heavy atom. The molecular formula is C12H16N4O. The Kier molecular flexibility index (Phi) is 2.28. The highest BCUT2D eigenvalue weighted by atomic mass is 16.1. The Bertz CT molecular complexity index is 434. The second kappa shape index (κ2) is 3.68. The second-order valence-electron chi connectivity index (χ2n) is 5.16. The average Bonchev–Trinajstić information content (AvgIpc) is 3.17. The molecule has 1 amide bonds. The molecule has 2 aliphatic carbocycles. The van der Waals surface area contributed by atoms with Crippen LogP contribution < -0.4 is 11.1 Å². The summed E-state index contributed by atoms with van der Waals surface area (Å²) in [7, 11) is 0. The van der Waals surface area contributed by atoms with Crippen molar-refractivity contribution in [2.24, 2.45) is 11.3 Å². The molecule has 3 N–H and O–H groups in total. The zero-order valence-corrected chi connectivity index (χ0v) is 9.65. The van der Waals surface area contributed by atoms with E-state index in [1.165, 1.54) is 25.7 Å². The molecule has 5 nitrogen and oxygen atoms in total. The van der Waals surface area contributed by atoms with Gasteiger partial charge in [-0.05, 0) is 49.1 Å². The number of rotatable bonds is 4. The van der Waals surface area contributed by atoms with Crippen LogP contribution in [-0.2, 0) is 0 Å². The summed E-state index contributed by atoms with van der Waals surface area (Å²) in [6, 6.07) is 3.20. The second-order valence-corrected chi connectivity index (χ2v) is 5.16. The molecule has 0 aromatic carbocycles. The highest BCUT2D eigenvalue weighted by molar-refractivity contribution is 5.92. The van der Waals surface area contributed by atoms with Gasteiger partial charge in [0.2, 0.25) is 0 Å². The Morgan fingerprint density at radius 1 is 1.41 bits per heavy atom. The molecule has 0 bridgehead atoms.